The van der Waals surface area contributed by atoms with Gasteiger partial charge < -0.3 is 19.6 Å². The molecule has 0 radical (unpaired) electrons. The van der Waals surface area contributed by atoms with E-state index in [0.717, 1.165) is 99.5 Å². The number of ether oxygens (including phenoxy) is 1. The van der Waals surface area contributed by atoms with Gasteiger partial charge in [0.2, 0.25) is 0 Å². The zero-order chi connectivity index (χ0) is 29.4. The number of anilines is 2. The van der Waals surface area contributed by atoms with E-state index in [1.807, 2.05) is 6.07 Å². The molecule has 13 heteroatoms. The lowest BCUT2D eigenvalue weighted by Gasteiger charge is -2.41. The number of fused-ring (bicyclic) bond motifs is 2. The Morgan fingerprint density at radius 3 is 2.58 bits per heavy atom. The molecule has 1 unspecified atom stereocenters. The van der Waals surface area contributed by atoms with E-state index >= 15 is 0 Å². The predicted octanol–water partition coefficient (Wildman–Crippen LogP) is 3.06. The van der Waals surface area contributed by atoms with Crippen LogP contribution in [0.1, 0.15) is 74.1 Å². The van der Waals surface area contributed by atoms with Gasteiger partial charge in [0.1, 0.15) is 18.2 Å². The lowest BCUT2D eigenvalue weighted by atomic mass is 9.89. The zero-order valence-electron chi connectivity index (χ0n) is 24.4. The highest BCUT2D eigenvalue weighted by atomic mass is 35.5. The van der Waals surface area contributed by atoms with Crippen molar-refractivity contribution < 1.29 is 18.3 Å². The number of aromatic hydroxyl groups is 1. The van der Waals surface area contributed by atoms with Crippen LogP contribution in [0.15, 0.2) is 12.1 Å². The highest BCUT2D eigenvalue weighted by molar-refractivity contribution is 7.87. The molecule has 1 aromatic carbocycles. The molecule has 1 aliphatic carbocycles. The first kappa shape index (κ1) is 28.1. The van der Waals surface area contributed by atoms with Crippen molar-refractivity contribution in [3.8, 4) is 11.8 Å². The molecule has 4 saturated heterocycles. The number of hydrogen-bond acceptors (Lipinski definition) is 9. The smallest absolute Gasteiger partial charge is 0.318 e. The largest absolute Gasteiger partial charge is 0.508 e. The van der Waals surface area contributed by atoms with Crippen LogP contribution in [0.5, 0.6) is 11.8 Å². The summed E-state index contributed by atoms with van der Waals surface area (Å²) < 4.78 is 36.7. The van der Waals surface area contributed by atoms with Gasteiger partial charge in [-0.05, 0) is 88.4 Å². The number of nitrogens with zero attached hydrogens (tertiary/aromatic N) is 5. The summed E-state index contributed by atoms with van der Waals surface area (Å²) in [5, 5.41) is 11.1. The molecule has 232 valence electrons. The number of phenols is 1. The molecule has 3 N–H and O–H groups in total. The van der Waals surface area contributed by atoms with E-state index in [2.05, 4.69) is 24.1 Å². The van der Waals surface area contributed by atoms with Crippen LogP contribution in [0.25, 0.3) is 0 Å². The molecule has 8 rings (SSSR count). The van der Waals surface area contributed by atoms with Gasteiger partial charge >= 0.3 is 6.01 Å². The number of aromatic nitrogens is 2. The number of benzene rings is 1. The van der Waals surface area contributed by atoms with Crippen molar-refractivity contribution in [1.29, 1.82) is 0 Å². The zero-order valence-corrected chi connectivity index (χ0v) is 26.0. The van der Waals surface area contributed by atoms with E-state index in [4.69, 9.17) is 26.3 Å². The first-order valence-electron chi connectivity index (χ1n) is 15.8. The fourth-order valence-electron chi connectivity index (χ4n) is 8.34. The van der Waals surface area contributed by atoms with Gasteiger partial charge in [0, 0.05) is 48.5 Å². The Morgan fingerprint density at radius 1 is 1.05 bits per heavy atom. The molecule has 5 aliphatic heterocycles. The van der Waals surface area contributed by atoms with Crippen molar-refractivity contribution >= 4 is 33.3 Å². The third-order valence-electron chi connectivity index (χ3n) is 10.6. The molecule has 1 atom stereocenters. The lowest BCUT2D eigenvalue weighted by Crippen LogP contribution is -2.57. The Kier molecular flexibility index (Phi) is 6.76. The third-order valence-corrected chi connectivity index (χ3v) is 12.1. The number of phenolic OH excluding ortho intramolecular Hbond substituents is 1. The lowest BCUT2D eigenvalue weighted by molar-refractivity contribution is 0.107. The maximum absolute atomic E-state index is 12.3. The molecule has 5 fully saturated rings. The normalized spacial score (nSPS) is 27.9. The van der Waals surface area contributed by atoms with Crippen molar-refractivity contribution in [2.75, 3.05) is 55.7 Å². The van der Waals surface area contributed by atoms with Gasteiger partial charge in [0.15, 0.2) is 0 Å². The van der Waals surface area contributed by atoms with Crippen LogP contribution in [0.3, 0.4) is 0 Å². The van der Waals surface area contributed by atoms with Gasteiger partial charge in [-0.1, -0.05) is 11.6 Å². The summed E-state index contributed by atoms with van der Waals surface area (Å²) >= 11 is 6.67. The Hall–Kier alpha value is -2.38. The number of halogens is 1. The van der Waals surface area contributed by atoms with Crippen LogP contribution in [-0.4, -0.2) is 85.3 Å². The Bertz CT molecular complexity index is 1540. The van der Waals surface area contributed by atoms with Crippen LogP contribution >= 0.6 is 11.6 Å². The standard InChI is InChI=1S/C30H40ClN7O4S/c31-23-14-21(39)15-25(26(23)20-4-5-20)36-13-6-22-24(16-36)33-28(42-19-30-8-2-11-38(30)12-3-9-30)34-27(22)37-10-1-7-29(18-37)17-32-43(40,41)35-29/h14-15,20,32,35,39H,1-13,16-19H2. The first-order valence-corrected chi connectivity index (χ1v) is 17.7. The Labute approximate surface area is 258 Å². The van der Waals surface area contributed by atoms with Crippen LogP contribution in [-0.2, 0) is 23.2 Å². The van der Waals surface area contributed by atoms with Gasteiger partial charge in [-0.15, -0.1) is 0 Å². The van der Waals surface area contributed by atoms with Crippen molar-refractivity contribution in [2.45, 2.75) is 81.3 Å². The second kappa shape index (κ2) is 10.3. The molecule has 6 heterocycles. The van der Waals surface area contributed by atoms with Crippen molar-refractivity contribution in [1.82, 2.24) is 24.3 Å². The summed E-state index contributed by atoms with van der Waals surface area (Å²) in [5.74, 6) is 1.46. The van der Waals surface area contributed by atoms with E-state index in [1.54, 1.807) is 6.07 Å². The maximum Gasteiger partial charge on any atom is 0.318 e. The Morgan fingerprint density at radius 2 is 1.84 bits per heavy atom. The van der Waals surface area contributed by atoms with Crippen LogP contribution in [0, 0.1) is 0 Å². The molecule has 6 aliphatic rings. The SMILES string of the molecule is O=S1(=O)NCC2(CCCN(c3nc(OCC45CCCN4CCC5)nc4c3CCN(c3cc(O)cc(Cl)c3C3CC3)C4)C2)N1. The molecule has 0 bridgehead atoms. The van der Waals surface area contributed by atoms with Crippen LogP contribution in [0.2, 0.25) is 5.02 Å². The van der Waals surface area contributed by atoms with Gasteiger partial charge in [0.05, 0.1) is 23.3 Å². The molecular formula is C30H40ClN7O4S. The summed E-state index contributed by atoms with van der Waals surface area (Å²) in [7, 11) is -3.49. The van der Waals surface area contributed by atoms with Crippen LogP contribution in [0.4, 0.5) is 11.5 Å². The minimum absolute atomic E-state index is 0.0753. The predicted molar refractivity (Wildman–Crippen MR) is 164 cm³/mol. The number of hydrogen-bond donors (Lipinski definition) is 3. The molecule has 2 aromatic rings. The number of piperidine rings is 1. The molecule has 1 aromatic heterocycles. The van der Waals surface area contributed by atoms with Crippen LogP contribution < -0.4 is 24.0 Å². The fourth-order valence-corrected chi connectivity index (χ4v) is 10.0. The molecule has 0 amide bonds. The summed E-state index contributed by atoms with van der Waals surface area (Å²) in [6.07, 6.45) is 9.27. The first-order chi connectivity index (χ1) is 20.7. The summed E-state index contributed by atoms with van der Waals surface area (Å²) in [6.45, 7) is 5.85. The molecule has 11 nitrogen and oxygen atoms in total. The maximum atomic E-state index is 12.3. The summed E-state index contributed by atoms with van der Waals surface area (Å²) in [5.41, 5.74) is 3.64. The van der Waals surface area contributed by atoms with Crippen molar-refractivity contribution in [3.05, 3.63) is 34.0 Å². The van der Waals surface area contributed by atoms with Crippen molar-refractivity contribution in [3.63, 3.8) is 0 Å². The fraction of sp³-hybridized carbons (Fsp3) is 0.667. The third kappa shape index (κ3) is 5.12. The van der Waals surface area contributed by atoms with Gasteiger partial charge in [-0.2, -0.15) is 23.1 Å². The number of rotatable bonds is 6. The molecular weight excluding hydrogens is 590 g/mol. The van der Waals surface area contributed by atoms with Gasteiger partial charge in [-0.25, -0.2) is 4.72 Å². The average molecular weight is 630 g/mol. The van der Waals surface area contributed by atoms with Gasteiger partial charge in [-0.3, -0.25) is 4.90 Å². The van der Waals surface area contributed by atoms with Crippen molar-refractivity contribution in [2.24, 2.45) is 0 Å². The second-order valence-electron chi connectivity index (χ2n) is 13.5. The molecule has 1 saturated carbocycles. The molecule has 1 spiro atoms. The van der Waals surface area contributed by atoms with E-state index in [9.17, 15) is 13.5 Å². The summed E-state index contributed by atoms with van der Waals surface area (Å²) in [6, 6.07) is 3.88. The minimum atomic E-state index is -3.49. The highest BCUT2D eigenvalue weighted by Gasteiger charge is 2.46. The van der Waals surface area contributed by atoms with E-state index in [1.165, 1.54) is 12.8 Å². The second-order valence-corrected chi connectivity index (χ2v) is 15.4. The quantitative estimate of drug-likeness (QED) is 0.442. The summed E-state index contributed by atoms with van der Waals surface area (Å²) in [4.78, 5) is 17.2. The topological polar surface area (TPSA) is 123 Å². The molecule has 43 heavy (non-hydrogen) atoms. The Balaban J connectivity index is 1.14. The highest BCUT2D eigenvalue weighted by Crippen LogP contribution is 2.50. The number of nitrogens with one attached hydrogen (secondary N) is 2. The minimum Gasteiger partial charge on any atom is -0.508 e. The van der Waals surface area contributed by atoms with E-state index in [-0.39, 0.29) is 11.3 Å². The monoisotopic (exact) mass is 629 g/mol. The van der Waals surface area contributed by atoms with E-state index in [0.29, 0.717) is 43.2 Å². The average Bonchev–Trinajstić information content (AvgIpc) is 3.50. The van der Waals surface area contributed by atoms with Gasteiger partial charge in [0.25, 0.3) is 10.2 Å². The van der Waals surface area contributed by atoms with E-state index < -0.39 is 15.7 Å².